The fraction of sp³-hybridized carbons (Fsp3) is 0.375. The van der Waals surface area contributed by atoms with Crippen LogP contribution in [0.4, 0.5) is 0 Å². The lowest BCUT2D eigenvalue weighted by atomic mass is 9.69. The monoisotopic (exact) mass is 482 g/mol. The number of phenolic OH excluding ortho intramolecular Hbond substituents is 1. The number of hydrogen-bond donors (Lipinski definition) is 1. The molecule has 3 aromatic carbocycles. The topological polar surface area (TPSA) is 63.6 Å². The molecule has 1 fully saturated rings. The van der Waals surface area contributed by atoms with Gasteiger partial charge in [0.25, 0.3) is 0 Å². The second-order valence-electron chi connectivity index (χ2n) is 10.5. The summed E-state index contributed by atoms with van der Waals surface area (Å²) in [5.41, 5.74) is 3.98. The molecule has 0 radical (unpaired) electrons. The highest BCUT2D eigenvalue weighted by Gasteiger charge is 2.33. The first-order valence-corrected chi connectivity index (χ1v) is 13.1. The number of aromatic hydroxyl groups is 1. The summed E-state index contributed by atoms with van der Waals surface area (Å²) in [5, 5.41) is 13.4. The average molecular weight is 483 g/mol. The van der Waals surface area contributed by atoms with Crippen LogP contribution in [0, 0.1) is 17.8 Å². The van der Waals surface area contributed by atoms with E-state index >= 15 is 0 Å². The van der Waals surface area contributed by atoms with E-state index in [2.05, 4.69) is 43.3 Å². The number of allylic oxidation sites excluding steroid dienone is 1. The number of methoxy groups -OCH3 is 1. The zero-order chi connectivity index (χ0) is 25.2. The SMILES string of the molecule is CCC1CC2CCC1Cc1cc(cc3ccccc13)Cc1cc(cc(OC)c1O)C=CC(=O)CC2=O. The Bertz CT molecular complexity index is 1340. The van der Waals surface area contributed by atoms with Crippen molar-refractivity contribution in [1.82, 2.24) is 0 Å². The standard InChI is InChI=1S/C32H34O4/c1-3-22-17-25-10-9-23(22)18-26-14-21(13-24-6-4-5-7-29(24)26)15-27-12-20(16-31(36-2)32(27)35)8-11-28(33)19-30(25)34/h4-8,11-14,16,22-23,25,35H,3,9-10,15,17-19H2,1-2H3. The van der Waals surface area contributed by atoms with Crippen molar-refractivity contribution in [2.45, 2.75) is 51.9 Å². The second-order valence-corrected chi connectivity index (χ2v) is 10.5. The van der Waals surface area contributed by atoms with Crippen molar-refractivity contribution >= 4 is 28.4 Å². The summed E-state index contributed by atoms with van der Waals surface area (Å²) in [6, 6.07) is 16.6. The van der Waals surface area contributed by atoms with Crippen LogP contribution in [0.5, 0.6) is 11.5 Å². The van der Waals surface area contributed by atoms with Crippen LogP contribution in [-0.4, -0.2) is 23.8 Å². The lowest BCUT2D eigenvalue weighted by Gasteiger charge is -2.35. The normalized spacial score (nSPS) is 22.6. The average Bonchev–Trinajstić information content (AvgIpc) is 2.88. The molecule has 0 aliphatic heterocycles. The van der Waals surface area contributed by atoms with Gasteiger partial charge in [0.15, 0.2) is 17.3 Å². The van der Waals surface area contributed by atoms with Gasteiger partial charge in [-0.25, -0.2) is 0 Å². The van der Waals surface area contributed by atoms with Gasteiger partial charge in [-0.1, -0.05) is 55.8 Å². The van der Waals surface area contributed by atoms with Gasteiger partial charge in [0.1, 0.15) is 5.78 Å². The Balaban J connectivity index is 1.64. The summed E-state index contributed by atoms with van der Waals surface area (Å²) >= 11 is 0. The van der Waals surface area contributed by atoms with Gasteiger partial charge in [0.05, 0.1) is 13.5 Å². The van der Waals surface area contributed by atoms with Crippen molar-refractivity contribution in [3.63, 3.8) is 0 Å². The van der Waals surface area contributed by atoms with Crippen molar-refractivity contribution in [2.75, 3.05) is 7.11 Å². The maximum Gasteiger partial charge on any atom is 0.163 e. The quantitative estimate of drug-likeness (QED) is 0.414. The van der Waals surface area contributed by atoms with Gasteiger partial charge in [-0.3, -0.25) is 9.59 Å². The first-order chi connectivity index (χ1) is 17.4. The summed E-state index contributed by atoms with van der Waals surface area (Å²) in [7, 11) is 1.53. The second kappa shape index (κ2) is 10.3. The molecule has 1 N–H and O–H groups in total. The Morgan fingerprint density at radius 1 is 0.972 bits per heavy atom. The molecule has 4 heteroatoms. The van der Waals surface area contributed by atoms with Gasteiger partial charge in [-0.05, 0) is 83.2 Å². The van der Waals surface area contributed by atoms with Crippen molar-refractivity contribution in [2.24, 2.45) is 17.8 Å². The fourth-order valence-corrected chi connectivity index (χ4v) is 6.26. The summed E-state index contributed by atoms with van der Waals surface area (Å²) in [5.74, 6) is 1.35. The fourth-order valence-electron chi connectivity index (χ4n) is 6.26. The van der Waals surface area contributed by atoms with Crippen LogP contribution < -0.4 is 4.74 Å². The molecule has 0 amide bonds. The minimum atomic E-state index is -0.175. The Labute approximate surface area is 213 Å². The molecule has 186 valence electrons. The molecule has 3 aliphatic rings. The smallest absolute Gasteiger partial charge is 0.163 e. The number of ketones is 2. The third-order valence-electron chi connectivity index (χ3n) is 8.21. The highest BCUT2D eigenvalue weighted by Crippen LogP contribution is 2.40. The Morgan fingerprint density at radius 3 is 2.61 bits per heavy atom. The van der Waals surface area contributed by atoms with Crippen molar-refractivity contribution in [3.05, 3.63) is 76.9 Å². The summed E-state index contributed by atoms with van der Waals surface area (Å²) in [6.07, 6.45) is 8.48. The molecular weight excluding hydrogens is 448 g/mol. The number of ether oxygens (including phenoxy) is 1. The molecule has 0 aromatic heterocycles. The predicted octanol–water partition coefficient (Wildman–Crippen LogP) is 6.68. The van der Waals surface area contributed by atoms with E-state index < -0.39 is 0 Å². The first-order valence-electron chi connectivity index (χ1n) is 13.1. The summed E-state index contributed by atoms with van der Waals surface area (Å²) in [4.78, 5) is 25.7. The van der Waals surface area contributed by atoms with Crippen molar-refractivity contribution in [3.8, 4) is 11.5 Å². The van der Waals surface area contributed by atoms with Crippen molar-refractivity contribution in [1.29, 1.82) is 0 Å². The van der Waals surface area contributed by atoms with Gasteiger partial charge < -0.3 is 9.84 Å². The molecule has 3 aliphatic carbocycles. The maximum absolute atomic E-state index is 13.0. The van der Waals surface area contributed by atoms with Gasteiger partial charge in [-0.15, -0.1) is 0 Å². The number of fused-ring (bicyclic) bond motifs is 6. The van der Waals surface area contributed by atoms with Crippen LogP contribution in [0.25, 0.3) is 16.8 Å². The highest BCUT2D eigenvalue weighted by molar-refractivity contribution is 6.06. The molecule has 3 aromatic rings. The Kier molecular flexibility index (Phi) is 6.95. The van der Waals surface area contributed by atoms with E-state index in [0.29, 0.717) is 24.0 Å². The zero-order valence-electron chi connectivity index (χ0n) is 21.1. The minimum Gasteiger partial charge on any atom is -0.504 e. The summed E-state index contributed by atoms with van der Waals surface area (Å²) in [6.45, 7) is 2.22. The first kappa shape index (κ1) is 24.3. The van der Waals surface area contributed by atoms with Gasteiger partial charge in [0, 0.05) is 17.9 Å². The van der Waals surface area contributed by atoms with E-state index in [0.717, 1.165) is 48.8 Å². The molecule has 6 rings (SSSR count). The number of rotatable bonds is 2. The third kappa shape index (κ3) is 4.95. The highest BCUT2D eigenvalue weighted by atomic mass is 16.5. The molecule has 4 nitrogen and oxygen atoms in total. The molecule has 36 heavy (non-hydrogen) atoms. The van der Waals surface area contributed by atoms with Crippen LogP contribution >= 0.6 is 0 Å². The van der Waals surface area contributed by atoms with Gasteiger partial charge in [-0.2, -0.15) is 0 Å². The van der Waals surface area contributed by atoms with Crippen LogP contribution in [0.15, 0.2) is 54.6 Å². The minimum absolute atomic E-state index is 0.0253. The molecular formula is C32H34O4. The van der Waals surface area contributed by atoms with Crippen LogP contribution in [0.3, 0.4) is 0 Å². The number of phenols is 1. The molecule has 1 saturated carbocycles. The Hall–Kier alpha value is -3.40. The number of carbonyl (C=O) groups is 2. The number of hydrogen-bond acceptors (Lipinski definition) is 4. The van der Waals surface area contributed by atoms with Gasteiger partial charge >= 0.3 is 0 Å². The number of benzene rings is 3. The van der Waals surface area contributed by atoms with Crippen molar-refractivity contribution < 1.29 is 19.4 Å². The van der Waals surface area contributed by atoms with E-state index in [-0.39, 0.29) is 29.7 Å². The molecule has 0 saturated heterocycles. The lowest BCUT2D eigenvalue weighted by Crippen LogP contribution is -2.31. The number of carbonyl (C=O) groups excluding carboxylic acids is 2. The molecule has 3 atom stereocenters. The van der Waals surface area contributed by atoms with Crippen LogP contribution in [0.1, 0.15) is 61.3 Å². The maximum atomic E-state index is 13.0. The van der Waals surface area contributed by atoms with Gasteiger partial charge in [0.2, 0.25) is 0 Å². The number of Topliss-reactive ketones (excluding diaryl/α,β-unsaturated/α-hetero) is 1. The molecule has 6 bridgehead atoms. The van der Waals surface area contributed by atoms with E-state index in [1.807, 2.05) is 6.07 Å². The molecule has 0 heterocycles. The summed E-state index contributed by atoms with van der Waals surface area (Å²) < 4.78 is 5.43. The lowest BCUT2D eigenvalue weighted by molar-refractivity contribution is -0.128. The molecule has 3 unspecified atom stereocenters. The zero-order valence-corrected chi connectivity index (χ0v) is 21.1. The van der Waals surface area contributed by atoms with Crippen LogP contribution in [-0.2, 0) is 22.4 Å². The largest absolute Gasteiger partial charge is 0.504 e. The Morgan fingerprint density at radius 2 is 1.81 bits per heavy atom. The predicted molar refractivity (Wildman–Crippen MR) is 143 cm³/mol. The van der Waals surface area contributed by atoms with E-state index in [1.54, 1.807) is 12.1 Å². The van der Waals surface area contributed by atoms with E-state index in [4.69, 9.17) is 4.74 Å². The van der Waals surface area contributed by atoms with E-state index in [1.165, 1.54) is 29.5 Å². The van der Waals surface area contributed by atoms with Crippen LogP contribution in [0.2, 0.25) is 0 Å². The van der Waals surface area contributed by atoms with E-state index in [9.17, 15) is 14.7 Å². The molecule has 0 spiro atoms. The third-order valence-corrected chi connectivity index (χ3v) is 8.21.